The smallest absolute Gasteiger partial charge is 0.378 e. The molecule has 1 aromatic carbocycles. The molecule has 4 heterocycles. The van der Waals surface area contributed by atoms with E-state index in [2.05, 4.69) is 28.2 Å². The molecule has 0 bridgehead atoms. The fourth-order valence-corrected chi connectivity index (χ4v) is 4.51. The van der Waals surface area contributed by atoms with E-state index in [4.69, 9.17) is 9.72 Å². The molecule has 2 aliphatic rings. The number of rotatable bonds is 4. The van der Waals surface area contributed by atoms with Gasteiger partial charge in [0.25, 0.3) is 0 Å². The van der Waals surface area contributed by atoms with E-state index in [0.717, 1.165) is 78.5 Å². The van der Waals surface area contributed by atoms with Gasteiger partial charge >= 0.3 is 12.2 Å². The number of pyridine rings is 2. The monoisotopic (exact) mass is 543 g/mol. The predicted molar refractivity (Wildman–Crippen MR) is 145 cm³/mol. The van der Waals surface area contributed by atoms with Crippen LogP contribution >= 0.6 is 0 Å². The Morgan fingerprint density at radius 3 is 2.36 bits per heavy atom. The third-order valence-electron chi connectivity index (χ3n) is 6.41. The van der Waals surface area contributed by atoms with Crippen molar-refractivity contribution in [3.05, 3.63) is 64.6 Å². The minimum Gasteiger partial charge on any atom is -0.378 e. The number of amides is 2. The van der Waals surface area contributed by atoms with Gasteiger partial charge in [0.2, 0.25) is 5.56 Å². The first-order valence-corrected chi connectivity index (χ1v) is 12.8. The van der Waals surface area contributed by atoms with Crippen LogP contribution in [0.25, 0.3) is 22.4 Å². The number of likely N-dealkylation sites (tertiary alicyclic amines) is 1. The molecule has 0 aliphatic carbocycles. The molecule has 5 rings (SSSR count). The van der Waals surface area contributed by atoms with Crippen LogP contribution in [0.15, 0.2) is 53.5 Å². The Morgan fingerprint density at radius 1 is 1.00 bits per heavy atom. The second-order valence-electron chi connectivity index (χ2n) is 9.58. The quantitative estimate of drug-likeness (QED) is 0.457. The van der Waals surface area contributed by atoms with E-state index < -0.39 is 6.18 Å². The zero-order valence-corrected chi connectivity index (χ0v) is 22.0. The van der Waals surface area contributed by atoms with Crippen molar-refractivity contribution in [3.8, 4) is 22.4 Å². The van der Waals surface area contributed by atoms with Gasteiger partial charge in [-0.2, -0.15) is 13.2 Å². The number of benzene rings is 1. The fourth-order valence-electron chi connectivity index (χ4n) is 4.51. The van der Waals surface area contributed by atoms with Gasteiger partial charge < -0.3 is 24.8 Å². The summed E-state index contributed by atoms with van der Waals surface area (Å²) in [6.45, 7) is 6.68. The van der Waals surface area contributed by atoms with Crippen LogP contribution < -0.4 is 15.8 Å². The van der Waals surface area contributed by atoms with E-state index in [1.807, 2.05) is 35.2 Å². The van der Waals surface area contributed by atoms with E-state index in [9.17, 15) is 22.8 Å². The van der Waals surface area contributed by atoms with E-state index in [1.54, 1.807) is 12.3 Å². The molecule has 0 spiro atoms. The highest BCUT2D eigenvalue weighted by atomic mass is 19.4. The van der Waals surface area contributed by atoms with Gasteiger partial charge in [0.1, 0.15) is 5.82 Å². The summed E-state index contributed by atoms with van der Waals surface area (Å²) in [4.78, 5) is 36.2. The standard InChI is InChI=1S/C26H29N5O3.C2H3F3/c1-18-4-5-21(28-26(33)31-8-2-3-9-31)17-22(18)20-14-23(19-6-7-27-25(32)16-19)29-24(15-20)30-10-12-34-13-11-30;1-2(3,4)5/h4-7,14-17H,2-3,8-13H2,1H3,(H,27,32)(H,28,33);1H3. The number of aromatic nitrogens is 2. The minimum absolute atomic E-state index is 0.0553. The molecule has 208 valence electrons. The highest BCUT2D eigenvalue weighted by Gasteiger charge is 2.19. The van der Waals surface area contributed by atoms with Gasteiger partial charge in [-0.3, -0.25) is 4.79 Å². The lowest BCUT2D eigenvalue weighted by atomic mass is 9.98. The Hall–Kier alpha value is -3.86. The zero-order chi connectivity index (χ0) is 28.0. The van der Waals surface area contributed by atoms with Gasteiger partial charge in [0.05, 0.1) is 18.9 Å². The summed E-state index contributed by atoms with van der Waals surface area (Å²) in [5.74, 6) is 0.849. The van der Waals surface area contributed by atoms with Crippen molar-refractivity contribution in [3.63, 3.8) is 0 Å². The van der Waals surface area contributed by atoms with E-state index in [-0.39, 0.29) is 18.5 Å². The van der Waals surface area contributed by atoms with E-state index in [0.29, 0.717) is 13.2 Å². The Kier molecular flexibility index (Phi) is 8.90. The fraction of sp³-hybridized carbons (Fsp3) is 0.393. The number of ether oxygens (including phenoxy) is 1. The molecule has 8 nitrogen and oxygen atoms in total. The number of hydrogen-bond donors (Lipinski definition) is 2. The number of carbonyl (C=O) groups is 1. The van der Waals surface area contributed by atoms with Crippen LogP contribution in [0, 0.1) is 6.92 Å². The summed E-state index contributed by atoms with van der Waals surface area (Å²) in [5, 5.41) is 3.05. The van der Waals surface area contributed by atoms with Crippen molar-refractivity contribution in [2.75, 3.05) is 49.6 Å². The first kappa shape index (κ1) is 28.2. The normalized spacial score (nSPS) is 15.5. The molecule has 0 saturated carbocycles. The number of halogens is 3. The maximum absolute atomic E-state index is 12.6. The van der Waals surface area contributed by atoms with Crippen LogP contribution in [0.1, 0.15) is 25.3 Å². The maximum Gasteiger partial charge on any atom is 0.386 e. The highest BCUT2D eigenvalue weighted by Crippen LogP contribution is 2.33. The average molecular weight is 544 g/mol. The van der Waals surface area contributed by atoms with Crippen molar-refractivity contribution in [2.24, 2.45) is 0 Å². The average Bonchev–Trinajstić information content (AvgIpc) is 3.45. The lowest BCUT2D eigenvalue weighted by Gasteiger charge is -2.28. The summed E-state index contributed by atoms with van der Waals surface area (Å²) in [5.41, 5.74) is 5.19. The van der Waals surface area contributed by atoms with E-state index in [1.165, 1.54) is 0 Å². The van der Waals surface area contributed by atoms with Crippen molar-refractivity contribution < 1.29 is 22.7 Å². The van der Waals surface area contributed by atoms with Gasteiger partial charge in [-0.25, -0.2) is 9.78 Å². The number of H-pyrrole nitrogens is 1. The summed E-state index contributed by atoms with van der Waals surface area (Å²) in [7, 11) is 0. The number of nitrogens with one attached hydrogen (secondary N) is 2. The molecule has 2 aliphatic heterocycles. The first-order valence-electron chi connectivity index (χ1n) is 12.8. The SMILES string of the molecule is CC(F)(F)F.Cc1ccc(NC(=O)N2CCCC2)cc1-c1cc(-c2cc[nH]c(=O)c2)nc(N2CCOCC2)c1. The lowest BCUT2D eigenvalue weighted by Crippen LogP contribution is -2.36. The summed E-state index contributed by atoms with van der Waals surface area (Å²) in [6, 6.07) is 13.4. The second-order valence-corrected chi connectivity index (χ2v) is 9.58. The molecule has 3 aromatic rings. The molecule has 2 amide bonds. The molecule has 2 fully saturated rings. The summed E-state index contributed by atoms with van der Waals surface area (Å²) < 4.78 is 36.6. The molecule has 2 aromatic heterocycles. The number of urea groups is 1. The number of alkyl halides is 3. The van der Waals surface area contributed by atoms with Crippen molar-refractivity contribution in [1.29, 1.82) is 0 Å². The Bertz CT molecular complexity index is 1340. The number of nitrogens with zero attached hydrogens (tertiary/aromatic N) is 3. The number of anilines is 2. The Morgan fingerprint density at radius 2 is 1.69 bits per heavy atom. The maximum atomic E-state index is 12.6. The highest BCUT2D eigenvalue weighted by molar-refractivity contribution is 5.91. The van der Waals surface area contributed by atoms with Gasteiger partial charge in [-0.15, -0.1) is 0 Å². The third kappa shape index (κ3) is 8.06. The first-order chi connectivity index (χ1) is 18.6. The van der Waals surface area contributed by atoms with Crippen molar-refractivity contribution in [2.45, 2.75) is 32.9 Å². The van der Waals surface area contributed by atoms with Gasteiger partial charge in [0.15, 0.2) is 0 Å². The molecule has 0 unspecified atom stereocenters. The van der Waals surface area contributed by atoms with Crippen LogP contribution in [0.4, 0.5) is 29.5 Å². The minimum atomic E-state index is -4.00. The van der Waals surface area contributed by atoms with Gasteiger partial charge in [0, 0.05) is 56.6 Å². The molecule has 11 heteroatoms. The molecule has 2 saturated heterocycles. The molecular weight excluding hydrogens is 511 g/mol. The number of aryl methyl sites for hydroxylation is 1. The van der Waals surface area contributed by atoms with Crippen LogP contribution in [0.5, 0.6) is 0 Å². The van der Waals surface area contributed by atoms with E-state index >= 15 is 0 Å². The predicted octanol–water partition coefficient (Wildman–Crippen LogP) is 5.45. The van der Waals surface area contributed by atoms with Crippen molar-refractivity contribution >= 4 is 17.5 Å². The molecule has 2 N–H and O–H groups in total. The molecule has 0 radical (unpaired) electrons. The topological polar surface area (TPSA) is 90.6 Å². The Balaban J connectivity index is 0.000000648. The Labute approximate surface area is 224 Å². The van der Waals surface area contributed by atoms with Gasteiger partial charge in [-0.1, -0.05) is 6.07 Å². The van der Waals surface area contributed by atoms with Crippen LogP contribution in [-0.4, -0.2) is 66.5 Å². The largest absolute Gasteiger partial charge is 0.386 e. The number of hydrogen-bond acceptors (Lipinski definition) is 5. The lowest BCUT2D eigenvalue weighted by molar-refractivity contribution is -0.110. The molecule has 39 heavy (non-hydrogen) atoms. The van der Waals surface area contributed by atoms with Crippen LogP contribution in [0.3, 0.4) is 0 Å². The van der Waals surface area contributed by atoms with Crippen LogP contribution in [0.2, 0.25) is 0 Å². The third-order valence-corrected chi connectivity index (χ3v) is 6.41. The zero-order valence-electron chi connectivity index (χ0n) is 22.0. The summed E-state index contributed by atoms with van der Waals surface area (Å²) in [6.07, 6.45) is -0.252. The van der Waals surface area contributed by atoms with Gasteiger partial charge in [-0.05, 0) is 66.8 Å². The second kappa shape index (κ2) is 12.3. The van der Waals surface area contributed by atoms with Crippen LogP contribution in [-0.2, 0) is 4.74 Å². The molecule has 0 atom stereocenters. The summed E-state index contributed by atoms with van der Waals surface area (Å²) >= 11 is 0. The van der Waals surface area contributed by atoms with Crippen molar-refractivity contribution in [1.82, 2.24) is 14.9 Å². The molecular formula is C28H32F3N5O3. The number of aromatic amines is 1. The number of morpholine rings is 1. The number of carbonyl (C=O) groups excluding carboxylic acids is 1.